The normalized spacial score (nSPS) is 42.2. The molecule has 4 aliphatic carbocycles. The Balaban J connectivity index is 1.50. The lowest BCUT2D eigenvalue weighted by Crippen LogP contribution is -2.60. The Bertz CT molecular complexity index is 832. The fourth-order valence-corrected chi connectivity index (χ4v) is 8.66. The summed E-state index contributed by atoms with van der Waals surface area (Å²) in [5.74, 6) is 1.76. The zero-order valence-corrected chi connectivity index (χ0v) is 21.2. The third-order valence-corrected chi connectivity index (χ3v) is 10.8. The van der Waals surface area contributed by atoms with Crippen LogP contribution in [0.15, 0.2) is 0 Å². The van der Waals surface area contributed by atoms with Crippen molar-refractivity contribution in [2.75, 3.05) is 7.11 Å². The van der Waals surface area contributed by atoms with Crippen molar-refractivity contribution in [1.29, 1.82) is 0 Å². The van der Waals surface area contributed by atoms with Crippen LogP contribution < -0.4 is 0 Å². The number of ether oxygens (including phenoxy) is 1. The van der Waals surface area contributed by atoms with E-state index >= 15 is 0 Å². The van der Waals surface area contributed by atoms with Crippen LogP contribution in [0.1, 0.15) is 91.9 Å². The Morgan fingerprint density at radius 3 is 2.45 bits per heavy atom. The first-order chi connectivity index (χ1) is 15.5. The number of fused-ring (bicyclic) bond motifs is 5. The molecule has 0 heterocycles. The number of esters is 1. The van der Waals surface area contributed by atoms with Crippen molar-refractivity contribution in [1.82, 2.24) is 0 Å². The molecule has 5 nitrogen and oxygen atoms in total. The van der Waals surface area contributed by atoms with Crippen LogP contribution in [0.3, 0.4) is 0 Å². The minimum atomic E-state index is -0.419. The van der Waals surface area contributed by atoms with Gasteiger partial charge in [0.05, 0.1) is 13.0 Å². The first-order valence-corrected chi connectivity index (χ1v) is 13.2. The van der Waals surface area contributed by atoms with Crippen LogP contribution in [-0.4, -0.2) is 30.4 Å². The van der Waals surface area contributed by atoms with Gasteiger partial charge in [0.25, 0.3) is 0 Å². The van der Waals surface area contributed by atoms with Crippen molar-refractivity contribution < 1.29 is 23.9 Å². The van der Waals surface area contributed by atoms with E-state index in [1.54, 1.807) is 0 Å². The number of ketones is 3. The molecule has 0 aromatic heterocycles. The van der Waals surface area contributed by atoms with E-state index in [2.05, 4.69) is 20.8 Å². The molecule has 0 aromatic carbocycles. The Kier molecular flexibility index (Phi) is 6.65. The second-order valence-electron chi connectivity index (χ2n) is 12.3. The molecule has 0 spiro atoms. The maximum Gasteiger partial charge on any atom is 0.308 e. The Morgan fingerprint density at radius 1 is 1.03 bits per heavy atom. The van der Waals surface area contributed by atoms with Crippen LogP contribution >= 0.6 is 0 Å². The van der Waals surface area contributed by atoms with E-state index in [1.165, 1.54) is 7.11 Å². The van der Waals surface area contributed by atoms with E-state index in [1.807, 2.05) is 6.92 Å². The molecule has 184 valence electrons. The predicted molar refractivity (Wildman–Crippen MR) is 125 cm³/mol. The first kappa shape index (κ1) is 24.6. The van der Waals surface area contributed by atoms with Gasteiger partial charge in [-0.15, -0.1) is 0 Å². The second kappa shape index (κ2) is 8.92. The highest BCUT2D eigenvalue weighted by Gasteiger charge is 2.66. The van der Waals surface area contributed by atoms with Gasteiger partial charge in [0.15, 0.2) is 0 Å². The van der Waals surface area contributed by atoms with Crippen molar-refractivity contribution in [3.05, 3.63) is 0 Å². The van der Waals surface area contributed by atoms with Crippen molar-refractivity contribution in [3.63, 3.8) is 0 Å². The third kappa shape index (κ3) is 3.91. The Labute approximate surface area is 198 Å². The number of Topliss-reactive ketones (excluding diaryl/α,β-unsaturated/α-hetero) is 3. The summed E-state index contributed by atoms with van der Waals surface area (Å²) in [6.45, 7) is 8.60. The average molecular weight is 459 g/mol. The molecule has 0 N–H and O–H groups in total. The molecular weight excluding hydrogens is 416 g/mol. The lowest BCUT2D eigenvalue weighted by atomic mass is 9.44. The number of rotatable bonds is 6. The summed E-state index contributed by atoms with van der Waals surface area (Å²) in [6, 6.07) is 0. The summed E-state index contributed by atoms with van der Waals surface area (Å²) >= 11 is 0. The van der Waals surface area contributed by atoms with Crippen molar-refractivity contribution >= 4 is 23.3 Å². The smallest absolute Gasteiger partial charge is 0.308 e. The SMILES string of the molecule is COC(=O)C(C)CCCC(C)C1CCC2C3C(=O)CC4CC(=O)CCC4(C)C3CC(=O)C12C. The van der Waals surface area contributed by atoms with Crippen LogP contribution in [0.5, 0.6) is 0 Å². The van der Waals surface area contributed by atoms with Gasteiger partial charge in [0.1, 0.15) is 17.3 Å². The maximum atomic E-state index is 13.8. The minimum Gasteiger partial charge on any atom is -0.469 e. The number of carbonyl (C=O) groups excluding carboxylic acids is 4. The fourth-order valence-electron chi connectivity index (χ4n) is 8.66. The van der Waals surface area contributed by atoms with Gasteiger partial charge in [-0.2, -0.15) is 0 Å². The molecule has 0 saturated heterocycles. The highest BCUT2D eigenvalue weighted by Crippen LogP contribution is 2.66. The van der Waals surface area contributed by atoms with E-state index in [0.29, 0.717) is 49.1 Å². The van der Waals surface area contributed by atoms with Crippen molar-refractivity contribution in [3.8, 4) is 0 Å². The van der Waals surface area contributed by atoms with Crippen LogP contribution in [0.2, 0.25) is 0 Å². The van der Waals surface area contributed by atoms with Crippen LogP contribution in [0.4, 0.5) is 0 Å². The zero-order chi connectivity index (χ0) is 24.1. The second-order valence-corrected chi connectivity index (χ2v) is 12.3. The molecule has 4 aliphatic rings. The molecule has 9 atom stereocenters. The molecule has 4 fully saturated rings. The first-order valence-electron chi connectivity index (χ1n) is 13.2. The summed E-state index contributed by atoms with van der Waals surface area (Å²) in [6.07, 6.45) is 7.70. The molecule has 4 saturated carbocycles. The number of carbonyl (C=O) groups is 4. The zero-order valence-electron chi connectivity index (χ0n) is 21.2. The highest BCUT2D eigenvalue weighted by molar-refractivity contribution is 5.93. The van der Waals surface area contributed by atoms with E-state index in [0.717, 1.165) is 38.5 Å². The summed E-state index contributed by atoms with van der Waals surface area (Å²) in [5.41, 5.74) is -0.477. The van der Waals surface area contributed by atoms with Crippen LogP contribution in [0, 0.1) is 52.3 Å². The lowest BCUT2D eigenvalue weighted by molar-refractivity contribution is -0.166. The summed E-state index contributed by atoms with van der Waals surface area (Å²) in [5, 5.41) is 0. The number of hydrogen-bond acceptors (Lipinski definition) is 5. The summed E-state index contributed by atoms with van der Waals surface area (Å²) in [4.78, 5) is 51.1. The van der Waals surface area contributed by atoms with Gasteiger partial charge in [0.2, 0.25) is 0 Å². The van der Waals surface area contributed by atoms with Crippen LogP contribution in [0.25, 0.3) is 0 Å². The molecule has 9 unspecified atom stereocenters. The molecule has 0 bridgehead atoms. The fraction of sp³-hybridized carbons (Fsp3) is 0.857. The average Bonchev–Trinajstić information content (AvgIpc) is 3.13. The predicted octanol–water partition coefficient (Wildman–Crippen LogP) is 5.19. The van der Waals surface area contributed by atoms with Gasteiger partial charge in [0, 0.05) is 37.0 Å². The highest BCUT2D eigenvalue weighted by atomic mass is 16.5. The van der Waals surface area contributed by atoms with E-state index in [9.17, 15) is 19.2 Å². The lowest BCUT2D eigenvalue weighted by Gasteiger charge is -2.58. The van der Waals surface area contributed by atoms with Gasteiger partial charge in [-0.25, -0.2) is 0 Å². The molecule has 4 rings (SSSR count). The third-order valence-electron chi connectivity index (χ3n) is 10.8. The molecule has 0 aromatic rings. The quantitative estimate of drug-likeness (QED) is 0.512. The largest absolute Gasteiger partial charge is 0.469 e. The van der Waals surface area contributed by atoms with E-state index < -0.39 is 5.41 Å². The maximum absolute atomic E-state index is 13.8. The van der Waals surface area contributed by atoms with Crippen molar-refractivity contribution in [2.45, 2.75) is 91.9 Å². The summed E-state index contributed by atoms with van der Waals surface area (Å²) in [7, 11) is 1.43. The standard InChI is InChI=1S/C28H42O5/c1-16(7-6-8-17(2)26(32)33-5)20-9-10-21-25-22(15-24(31)28(20,21)4)27(3)12-11-19(29)13-18(27)14-23(25)30/h16-18,20-22,25H,6-15H2,1-5H3. The molecule has 5 heteroatoms. The van der Waals surface area contributed by atoms with Gasteiger partial charge >= 0.3 is 5.97 Å². The monoisotopic (exact) mass is 458 g/mol. The van der Waals surface area contributed by atoms with E-state index in [4.69, 9.17) is 4.74 Å². The van der Waals surface area contributed by atoms with E-state index in [-0.39, 0.29) is 46.8 Å². The number of methoxy groups -OCH3 is 1. The Morgan fingerprint density at radius 2 is 1.76 bits per heavy atom. The molecule has 0 aliphatic heterocycles. The van der Waals surface area contributed by atoms with Gasteiger partial charge < -0.3 is 4.74 Å². The number of hydrogen-bond donors (Lipinski definition) is 0. The molecule has 0 radical (unpaired) electrons. The van der Waals surface area contributed by atoms with Gasteiger partial charge in [-0.3, -0.25) is 19.2 Å². The minimum absolute atomic E-state index is 0.0151. The Hall–Kier alpha value is -1.52. The summed E-state index contributed by atoms with van der Waals surface area (Å²) < 4.78 is 4.85. The molecule has 33 heavy (non-hydrogen) atoms. The topological polar surface area (TPSA) is 77.5 Å². The van der Waals surface area contributed by atoms with Crippen molar-refractivity contribution in [2.24, 2.45) is 52.3 Å². The van der Waals surface area contributed by atoms with Crippen LogP contribution in [-0.2, 0) is 23.9 Å². The molecule has 0 amide bonds. The van der Waals surface area contributed by atoms with Gasteiger partial charge in [-0.1, -0.05) is 40.5 Å². The van der Waals surface area contributed by atoms with Gasteiger partial charge in [-0.05, 0) is 60.7 Å². The molecular formula is C28H42O5.